The molecule has 17 heavy (non-hydrogen) atoms. The van der Waals surface area contributed by atoms with E-state index in [0.717, 1.165) is 12.5 Å². The minimum Gasteiger partial charge on any atom is -0.345 e. The molecular weight excluding hydrogens is 210 g/mol. The topological polar surface area (TPSA) is 40.7 Å². The first kappa shape index (κ1) is 11.3. The van der Waals surface area contributed by atoms with E-state index >= 15 is 0 Å². The van der Waals surface area contributed by atoms with Crippen LogP contribution in [0, 0.1) is 0 Å². The maximum absolute atomic E-state index is 4.62. The molecule has 1 aliphatic carbocycles. The summed E-state index contributed by atoms with van der Waals surface area (Å²) in [4.78, 5) is 8.22. The van der Waals surface area contributed by atoms with Crippen molar-refractivity contribution in [2.24, 2.45) is 0 Å². The highest BCUT2D eigenvalue weighted by atomic mass is 15.0. The third kappa shape index (κ3) is 2.54. The zero-order valence-electron chi connectivity index (χ0n) is 10.5. The highest BCUT2D eigenvalue weighted by Crippen LogP contribution is 2.32. The van der Waals surface area contributed by atoms with Crippen molar-refractivity contribution < 1.29 is 0 Å². The molecule has 2 heterocycles. The minimum absolute atomic E-state index is 0.612. The van der Waals surface area contributed by atoms with Crippen molar-refractivity contribution in [3.05, 3.63) is 17.7 Å². The number of nitrogens with zero attached hydrogens (tertiary/aromatic N) is 1. The molecule has 1 aromatic rings. The lowest BCUT2D eigenvalue weighted by molar-refractivity contribution is 0.431. The summed E-state index contributed by atoms with van der Waals surface area (Å²) in [5.41, 5.74) is 1.39. The number of piperidine rings is 1. The van der Waals surface area contributed by atoms with Crippen LogP contribution in [-0.4, -0.2) is 23.1 Å². The van der Waals surface area contributed by atoms with Crippen LogP contribution in [0.5, 0.6) is 0 Å². The number of hydrogen-bond donors (Lipinski definition) is 2. The van der Waals surface area contributed by atoms with E-state index in [9.17, 15) is 0 Å². The lowest BCUT2D eigenvalue weighted by atomic mass is 9.87. The third-order valence-electron chi connectivity index (χ3n) is 4.34. The average Bonchev–Trinajstić information content (AvgIpc) is 2.90. The van der Waals surface area contributed by atoms with Crippen LogP contribution >= 0.6 is 0 Å². The van der Waals surface area contributed by atoms with Crippen LogP contribution < -0.4 is 5.32 Å². The quantitative estimate of drug-likeness (QED) is 0.824. The molecule has 0 amide bonds. The van der Waals surface area contributed by atoms with Crippen LogP contribution in [0.25, 0.3) is 0 Å². The molecule has 0 spiro atoms. The smallest absolute Gasteiger partial charge is 0.110 e. The van der Waals surface area contributed by atoms with Gasteiger partial charge in [0.05, 0.1) is 0 Å². The summed E-state index contributed by atoms with van der Waals surface area (Å²) >= 11 is 0. The molecule has 2 fully saturated rings. The maximum Gasteiger partial charge on any atom is 0.110 e. The molecule has 0 aromatic carbocycles. The second-order valence-electron chi connectivity index (χ2n) is 5.60. The Morgan fingerprint density at radius 1 is 1.00 bits per heavy atom. The van der Waals surface area contributed by atoms with Crippen molar-refractivity contribution in [3.63, 3.8) is 0 Å². The van der Waals surface area contributed by atoms with Crippen LogP contribution in [-0.2, 0) is 0 Å². The molecule has 2 aliphatic rings. The summed E-state index contributed by atoms with van der Waals surface area (Å²) in [6.07, 6.45) is 11.6. The molecule has 1 saturated carbocycles. The van der Waals surface area contributed by atoms with E-state index in [4.69, 9.17) is 0 Å². The van der Waals surface area contributed by atoms with Crippen molar-refractivity contribution in [1.82, 2.24) is 15.3 Å². The Labute approximate surface area is 103 Å². The zero-order valence-corrected chi connectivity index (χ0v) is 10.5. The number of rotatable bonds is 2. The van der Waals surface area contributed by atoms with Crippen molar-refractivity contribution in [3.8, 4) is 0 Å². The predicted molar refractivity (Wildman–Crippen MR) is 69.3 cm³/mol. The van der Waals surface area contributed by atoms with Gasteiger partial charge >= 0.3 is 0 Å². The molecule has 0 radical (unpaired) electrons. The highest BCUT2D eigenvalue weighted by Gasteiger charge is 2.21. The average molecular weight is 233 g/mol. The molecule has 3 nitrogen and oxygen atoms in total. The second kappa shape index (κ2) is 5.21. The van der Waals surface area contributed by atoms with Gasteiger partial charge in [-0.3, -0.25) is 0 Å². The van der Waals surface area contributed by atoms with E-state index in [2.05, 4.69) is 21.5 Å². The molecule has 94 valence electrons. The number of H-pyrrole nitrogens is 1. The molecule has 1 unspecified atom stereocenters. The summed E-state index contributed by atoms with van der Waals surface area (Å²) in [7, 11) is 0. The second-order valence-corrected chi connectivity index (χ2v) is 5.60. The normalized spacial score (nSPS) is 27.2. The van der Waals surface area contributed by atoms with Gasteiger partial charge in [-0.15, -0.1) is 0 Å². The molecule has 0 bridgehead atoms. The van der Waals surface area contributed by atoms with E-state index in [1.165, 1.54) is 63.0 Å². The molecule has 1 aromatic heterocycles. The zero-order chi connectivity index (χ0) is 11.5. The maximum atomic E-state index is 4.62. The van der Waals surface area contributed by atoms with E-state index in [-0.39, 0.29) is 0 Å². The summed E-state index contributed by atoms with van der Waals surface area (Å²) in [6, 6.07) is 0. The molecule has 1 atom stereocenters. The van der Waals surface area contributed by atoms with Crippen LogP contribution in [0.15, 0.2) is 6.20 Å². The Morgan fingerprint density at radius 2 is 1.82 bits per heavy atom. The Hall–Kier alpha value is -0.830. The summed E-state index contributed by atoms with van der Waals surface area (Å²) < 4.78 is 0. The third-order valence-corrected chi connectivity index (χ3v) is 4.34. The van der Waals surface area contributed by atoms with Gasteiger partial charge in [0.1, 0.15) is 5.82 Å². The first-order valence-electron chi connectivity index (χ1n) is 7.19. The van der Waals surface area contributed by atoms with E-state index < -0.39 is 0 Å². The largest absolute Gasteiger partial charge is 0.345 e. The molecule has 3 heteroatoms. The van der Waals surface area contributed by atoms with Crippen molar-refractivity contribution in [1.29, 1.82) is 0 Å². The van der Waals surface area contributed by atoms with Gasteiger partial charge in [-0.2, -0.15) is 0 Å². The van der Waals surface area contributed by atoms with Crippen LogP contribution in [0.3, 0.4) is 0 Å². The number of aromatic nitrogens is 2. The summed E-state index contributed by atoms with van der Waals surface area (Å²) in [6.45, 7) is 2.27. The van der Waals surface area contributed by atoms with Gasteiger partial charge in [-0.1, -0.05) is 19.3 Å². The monoisotopic (exact) mass is 233 g/mol. The molecule has 1 saturated heterocycles. The van der Waals surface area contributed by atoms with E-state index in [1.807, 2.05) is 0 Å². The fourth-order valence-electron chi connectivity index (χ4n) is 3.27. The van der Waals surface area contributed by atoms with Crippen molar-refractivity contribution in [2.45, 2.75) is 56.8 Å². The first-order valence-corrected chi connectivity index (χ1v) is 7.19. The van der Waals surface area contributed by atoms with Crippen LogP contribution in [0.2, 0.25) is 0 Å². The molecular formula is C14H23N3. The first-order chi connectivity index (χ1) is 8.43. The van der Waals surface area contributed by atoms with Gasteiger partial charge in [-0.25, -0.2) is 4.98 Å². The lowest BCUT2D eigenvalue weighted by Gasteiger charge is -2.22. The SMILES string of the molecule is c1nc(C2CCCNC2)[nH]c1C1CCCCC1. The van der Waals surface area contributed by atoms with Gasteiger partial charge in [0, 0.05) is 30.3 Å². The van der Waals surface area contributed by atoms with Gasteiger partial charge in [0.15, 0.2) is 0 Å². The van der Waals surface area contributed by atoms with E-state index in [0.29, 0.717) is 5.92 Å². The molecule has 1 aliphatic heterocycles. The predicted octanol–water partition coefficient (Wildman–Crippen LogP) is 2.92. The standard InChI is InChI=1S/C14H23N3/c1-2-5-11(6-3-1)13-10-16-14(17-13)12-7-4-8-15-9-12/h10-12,15H,1-9H2,(H,16,17). The number of nitrogens with one attached hydrogen (secondary N) is 2. The summed E-state index contributed by atoms with van der Waals surface area (Å²) in [5.74, 6) is 2.58. The Morgan fingerprint density at radius 3 is 2.59 bits per heavy atom. The van der Waals surface area contributed by atoms with Gasteiger partial charge < -0.3 is 10.3 Å². The van der Waals surface area contributed by atoms with E-state index in [1.54, 1.807) is 0 Å². The molecule has 3 rings (SSSR count). The minimum atomic E-state index is 0.612. The fourth-order valence-corrected chi connectivity index (χ4v) is 3.27. The Bertz CT molecular complexity index is 314. The number of imidazole rings is 1. The Kier molecular flexibility index (Phi) is 3.46. The lowest BCUT2D eigenvalue weighted by Crippen LogP contribution is -2.28. The highest BCUT2D eigenvalue weighted by molar-refractivity contribution is 5.11. The molecule has 2 N–H and O–H groups in total. The van der Waals surface area contributed by atoms with Crippen molar-refractivity contribution in [2.75, 3.05) is 13.1 Å². The number of hydrogen-bond acceptors (Lipinski definition) is 2. The van der Waals surface area contributed by atoms with Gasteiger partial charge in [0.2, 0.25) is 0 Å². The van der Waals surface area contributed by atoms with Gasteiger partial charge in [0.25, 0.3) is 0 Å². The van der Waals surface area contributed by atoms with Gasteiger partial charge in [-0.05, 0) is 32.2 Å². The van der Waals surface area contributed by atoms with Crippen LogP contribution in [0.4, 0.5) is 0 Å². The fraction of sp³-hybridized carbons (Fsp3) is 0.786. The summed E-state index contributed by atoms with van der Waals surface area (Å²) in [5, 5.41) is 3.46. The van der Waals surface area contributed by atoms with Crippen LogP contribution in [0.1, 0.15) is 68.3 Å². The number of aromatic amines is 1. The van der Waals surface area contributed by atoms with Crippen molar-refractivity contribution >= 4 is 0 Å². The Balaban J connectivity index is 1.68.